The van der Waals surface area contributed by atoms with Gasteiger partial charge in [0, 0.05) is 24.9 Å². The van der Waals surface area contributed by atoms with Gasteiger partial charge in [0.15, 0.2) is 20.8 Å². The monoisotopic (exact) mass is 479 g/mol. The molecule has 1 aliphatic rings. The minimum absolute atomic E-state index is 0.0169. The van der Waals surface area contributed by atoms with Gasteiger partial charge in [-0.15, -0.1) is 0 Å². The van der Waals surface area contributed by atoms with Crippen molar-refractivity contribution >= 4 is 52.3 Å². The largest absolute Gasteiger partial charge is 0.354 e. The Balaban J connectivity index is 1.44. The first-order valence-electron chi connectivity index (χ1n) is 9.62. The van der Waals surface area contributed by atoms with E-state index in [-0.39, 0.29) is 22.1 Å². The molecule has 3 aromatic rings. The zero-order chi connectivity index (χ0) is 22.2. The van der Waals surface area contributed by atoms with Crippen molar-refractivity contribution in [2.45, 2.75) is 22.6 Å². The number of sulfonamides is 1. The molecule has 0 amide bonds. The van der Waals surface area contributed by atoms with Gasteiger partial charge < -0.3 is 5.32 Å². The molecule has 1 saturated heterocycles. The van der Waals surface area contributed by atoms with E-state index in [0.717, 1.165) is 19.1 Å². The molecule has 0 radical (unpaired) electrons. The van der Waals surface area contributed by atoms with E-state index >= 15 is 0 Å². The number of anilines is 1. The van der Waals surface area contributed by atoms with Crippen LogP contribution in [0.25, 0.3) is 10.2 Å². The molecule has 11 heteroatoms. The number of carbonyl (C=O) groups excluding carboxylic acids is 1. The maximum absolute atomic E-state index is 12.6. The van der Waals surface area contributed by atoms with Crippen molar-refractivity contribution in [3.8, 4) is 0 Å². The number of nitrogens with one attached hydrogen (secondary N) is 1. The van der Waals surface area contributed by atoms with Gasteiger partial charge in [0.2, 0.25) is 10.0 Å². The van der Waals surface area contributed by atoms with Crippen LogP contribution in [0, 0.1) is 0 Å². The first kappa shape index (κ1) is 21.9. The number of aromatic nitrogens is 1. The Bertz CT molecular complexity index is 1340. The molecule has 0 unspecified atom stereocenters. The molecule has 164 valence electrons. The molecule has 2 aromatic carbocycles. The molecule has 1 fully saturated rings. The number of rotatable bonds is 7. The minimum atomic E-state index is -3.51. The predicted octanol–water partition coefficient (Wildman–Crippen LogP) is 2.78. The second-order valence-corrected chi connectivity index (χ2v) is 12.3. The number of ketones is 1. The van der Waals surface area contributed by atoms with E-state index < -0.39 is 19.9 Å². The molecule has 0 spiro atoms. The van der Waals surface area contributed by atoms with Gasteiger partial charge in [-0.05, 0) is 55.3 Å². The van der Waals surface area contributed by atoms with Crippen LogP contribution >= 0.6 is 11.3 Å². The summed E-state index contributed by atoms with van der Waals surface area (Å²) in [5, 5.41) is 3.46. The SMILES string of the molecule is CS(=O)(=O)c1ccc2nc(NCC(=O)c3ccc(S(=O)(=O)N4CCCC4)cc3)sc2c1. The summed E-state index contributed by atoms with van der Waals surface area (Å²) in [4.78, 5) is 17.3. The van der Waals surface area contributed by atoms with E-state index in [9.17, 15) is 21.6 Å². The Morgan fingerprint density at radius 2 is 1.68 bits per heavy atom. The highest BCUT2D eigenvalue weighted by Crippen LogP contribution is 2.28. The number of Topliss-reactive ketones (excluding diaryl/α,β-unsaturated/α-hetero) is 1. The van der Waals surface area contributed by atoms with Gasteiger partial charge in [-0.3, -0.25) is 4.79 Å². The first-order chi connectivity index (χ1) is 14.6. The molecule has 1 aromatic heterocycles. The Kier molecular flexibility index (Phi) is 5.86. The van der Waals surface area contributed by atoms with E-state index in [4.69, 9.17) is 0 Å². The average molecular weight is 480 g/mol. The summed E-state index contributed by atoms with van der Waals surface area (Å²) in [5.41, 5.74) is 1.04. The molecule has 2 heterocycles. The highest BCUT2D eigenvalue weighted by Gasteiger charge is 2.27. The van der Waals surface area contributed by atoms with E-state index in [1.54, 1.807) is 12.1 Å². The van der Waals surface area contributed by atoms with E-state index in [1.165, 1.54) is 46.0 Å². The van der Waals surface area contributed by atoms with Crippen LogP contribution in [-0.2, 0) is 19.9 Å². The summed E-state index contributed by atoms with van der Waals surface area (Å²) in [6.07, 6.45) is 2.88. The zero-order valence-electron chi connectivity index (χ0n) is 16.7. The van der Waals surface area contributed by atoms with Gasteiger partial charge in [0.05, 0.1) is 26.6 Å². The number of carbonyl (C=O) groups is 1. The summed E-state index contributed by atoms with van der Waals surface area (Å²) >= 11 is 1.26. The highest BCUT2D eigenvalue weighted by atomic mass is 32.2. The molecular formula is C20H21N3O5S3. The Hall–Kier alpha value is -2.34. The molecule has 1 N–H and O–H groups in total. The van der Waals surface area contributed by atoms with Gasteiger partial charge in [-0.25, -0.2) is 21.8 Å². The number of thiazole rings is 1. The Morgan fingerprint density at radius 3 is 2.32 bits per heavy atom. The van der Waals surface area contributed by atoms with Crippen molar-refractivity contribution in [2.24, 2.45) is 0 Å². The zero-order valence-corrected chi connectivity index (χ0v) is 19.2. The van der Waals surface area contributed by atoms with Gasteiger partial charge in [-0.2, -0.15) is 4.31 Å². The predicted molar refractivity (Wildman–Crippen MR) is 120 cm³/mol. The third-order valence-electron chi connectivity index (χ3n) is 5.07. The second-order valence-electron chi connectivity index (χ2n) is 7.33. The maximum Gasteiger partial charge on any atom is 0.243 e. The van der Waals surface area contributed by atoms with Crippen molar-refractivity contribution in [2.75, 3.05) is 31.2 Å². The molecule has 1 aliphatic heterocycles. The topological polar surface area (TPSA) is 114 Å². The van der Waals surface area contributed by atoms with Crippen LogP contribution in [0.1, 0.15) is 23.2 Å². The normalized spacial score (nSPS) is 15.4. The van der Waals surface area contributed by atoms with Crippen LogP contribution in [0.2, 0.25) is 0 Å². The first-order valence-corrected chi connectivity index (χ1v) is 13.8. The lowest BCUT2D eigenvalue weighted by atomic mass is 10.1. The molecular weight excluding hydrogens is 458 g/mol. The summed E-state index contributed by atoms with van der Waals surface area (Å²) in [5.74, 6) is -0.207. The van der Waals surface area contributed by atoms with Crippen LogP contribution in [0.4, 0.5) is 5.13 Å². The lowest BCUT2D eigenvalue weighted by Crippen LogP contribution is -2.27. The maximum atomic E-state index is 12.6. The van der Waals surface area contributed by atoms with Crippen molar-refractivity contribution in [3.05, 3.63) is 48.0 Å². The lowest BCUT2D eigenvalue weighted by molar-refractivity contribution is 0.101. The third-order valence-corrected chi connectivity index (χ3v) is 9.07. The van der Waals surface area contributed by atoms with Crippen molar-refractivity contribution in [1.29, 1.82) is 0 Å². The number of nitrogens with zero attached hydrogens (tertiary/aromatic N) is 2. The molecule has 0 atom stereocenters. The number of hydrogen-bond acceptors (Lipinski definition) is 8. The fraction of sp³-hybridized carbons (Fsp3) is 0.300. The molecule has 0 aliphatic carbocycles. The molecule has 31 heavy (non-hydrogen) atoms. The van der Waals surface area contributed by atoms with Gasteiger partial charge in [0.1, 0.15) is 0 Å². The number of benzene rings is 2. The third kappa shape index (κ3) is 4.64. The summed E-state index contributed by atoms with van der Waals surface area (Å²) in [7, 11) is -6.82. The standard InChI is InChI=1S/C20H21N3O5S3/c1-30(25,26)16-8-9-17-19(12-16)29-20(22-17)21-13-18(24)14-4-6-15(7-5-14)31(27,28)23-10-2-3-11-23/h4-9,12H,2-3,10-11,13H2,1H3,(H,21,22). The van der Waals surface area contributed by atoms with E-state index in [1.807, 2.05) is 0 Å². The number of sulfone groups is 1. The molecule has 0 bridgehead atoms. The van der Waals surface area contributed by atoms with Crippen molar-refractivity contribution < 1.29 is 21.6 Å². The molecule has 4 rings (SSSR count). The smallest absolute Gasteiger partial charge is 0.243 e. The average Bonchev–Trinajstić information content (AvgIpc) is 3.41. The molecule has 0 saturated carbocycles. The quantitative estimate of drug-likeness (QED) is 0.518. The van der Waals surface area contributed by atoms with Gasteiger partial charge >= 0.3 is 0 Å². The minimum Gasteiger partial charge on any atom is -0.354 e. The molecule has 8 nitrogen and oxygen atoms in total. The lowest BCUT2D eigenvalue weighted by Gasteiger charge is -2.15. The van der Waals surface area contributed by atoms with Crippen LogP contribution in [0.15, 0.2) is 52.3 Å². The summed E-state index contributed by atoms with van der Waals surface area (Å²) < 4.78 is 50.7. The van der Waals surface area contributed by atoms with Crippen molar-refractivity contribution in [1.82, 2.24) is 9.29 Å². The van der Waals surface area contributed by atoms with Crippen LogP contribution in [0.5, 0.6) is 0 Å². The number of hydrogen-bond donors (Lipinski definition) is 1. The highest BCUT2D eigenvalue weighted by molar-refractivity contribution is 7.90. The van der Waals surface area contributed by atoms with Gasteiger partial charge in [0.25, 0.3) is 0 Å². The van der Waals surface area contributed by atoms with E-state index in [2.05, 4.69) is 10.3 Å². The van der Waals surface area contributed by atoms with Crippen LogP contribution < -0.4 is 5.32 Å². The van der Waals surface area contributed by atoms with Crippen molar-refractivity contribution in [3.63, 3.8) is 0 Å². The summed E-state index contributed by atoms with van der Waals surface area (Å²) in [6, 6.07) is 10.7. The van der Waals surface area contributed by atoms with E-state index in [0.29, 0.717) is 34.0 Å². The van der Waals surface area contributed by atoms with Crippen LogP contribution in [-0.4, -0.2) is 57.8 Å². The van der Waals surface area contributed by atoms with Gasteiger partial charge in [-0.1, -0.05) is 11.3 Å². The number of fused-ring (bicyclic) bond motifs is 1. The fourth-order valence-electron chi connectivity index (χ4n) is 3.36. The Morgan fingerprint density at radius 1 is 1.03 bits per heavy atom. The second kappa shape index (κ2) is 8.30. The van der Waals surface area contributed by atoms with Crippen LogP contribution in [0.3, 0.4) is 0 Å². The fourth-order valence-corrected chi connectivity index (χ4v) is 6.50. The Labute approximate surface area is 184 Å². The summed E-state index contributed by atoms with van der Waals surface area (Å²) in [6.45, 7) is 1.04.